The maximum Gasteiger partial charge on any atom is 0.243 e. The minimum absolute atomic E-state index is 0.0317. The molecule has 1 saturated carbocycles. The molecule has 1 rings (SSSR count). The number of amides is 1. The summed E-state index contributed by atoms with van der Waals surface area (Å²) in [4.78, 5) is 11.2. The molecule has 0 spiro atoms. The molecule has 2 N–H and O–H groups in total. The van der Waals surface area contributed by atoms with Gasteiger partial charge in [-0.05, 0) is 46.2 Å². The molecule has 1 fully saturated rings. The van der Waals surface area contributed by atoms with Crippen LogP contribution in [0.4, 0.5) is 0 Å². The minimum atomic E-state index is 0.0317. The van der Waals surface area contributed by atoms with Gasteiger partial charge in [0.25, 0.3) is 0 Å². The molecule has 18 heavy (non-hydrogen) atoms. The second-order valence-electron chi connectivity index (χ2n) is 3.91. The molecule has 0 aliphatic heterocycles. The molecule has 0 heterocycles. The van der Waals surface area contributed by atoms with Gasteiger partial charge in [-0.1, -0.05) is 26.0 Å². The Balaban J connectivity index is 0. The zero-order valence-electron chi connectivity index (χ0n) is 12.6. The summed E-state index contributed by atoms with van der Waals surface area (Å²) in [5.74, 6) is 0.0317. The van der Waals surface area contributed by atoms with E-state index in [2.05, 4.69) is 17.2 Å². The molecule has 0 aromatic heterocycles. The van der Waals surface area contributed by atoms with Crippen molar-refractivity contribution in [2.24, 2.45) is 0 Å². The summed E-state index contributed by atoms with van der Waals surface area (Å²) in [6, 6.07) is 0.942. The van der Waals surface area contributed by atoms with E-state index in [-0.39, 0.29) is 5.91 Å². The lowest BCUT2D eigenvalue weighted by molar-refractivity contribution is -0.117. The Kier molecular flexibility index (Phi) is 14.9. The lowest BCUT2D eigenvalue weighted by Gasteiger charge is -2.11. The van der Waals surface area contributed by atoms with E-state index in [1.807, 2.05) is 34.7 Å². The van der Waals surface area contributed by atoms with E-state index in [0.29, 0.717) is 12.1 Å². The van der Waals surface area contributed by atoms with Crippen LogP contribution in [-0.4, -0.2) is 25.0 Å². The zero-order valence-corrected chi connectivity index (χ0v) is 12.6. The lowest BCUT2D eigenvalue weighted by atomic mass is 10.2. The smallest absolute Gasteiger partial charge is 0.243 e. The number of hydrogen-bond acceptors (Lipinski definition) is 2. The van der Waals surface area contributed by atoms with Gasteiger partial charge in [-0.15, -0.1) is 6.58 Å². The molecule has 1 amide bonds. The average Bonchev–Trinajstić information content (AvgIpc) is 2.80. The van der Waals surface area contributed by atoms with E-state index in [4.69, 9.17) is 0 Å². The molecule has 1 aliphatic carbocycles. The number of hydrogen-bond donors (Lipinski definition) is 2. The van der Waals surface area contributed by atoms with E-state index in [1.165, 1.54) is 0 Å². The molecule has 0 saturated heterocycles. The summed E-state index contributed by atoms with van der Waals surface area (Å²) >= 11 is 0. The second-order valence-corrected chi connectivity index (χ2v) is 3.91. The fourth-order valence-corrected chi connectivity index (χ4v) is 1.78. The van der Waals surface area contributed by atoms with Gasteiger partial charge in [-0.3, -0.25) is 4.79 Å². The Labute approximate surface area is 113 Å². The third kappa shape index (κ3) is 10.1. The molecule has 106 valence electrons. The SMILES string of the molecule is C/C=C/C(=O)N[C@@H]1CC[C@H](NC)C1.C=CC.CC. The first kappa shape index (κ1) is 19.3. The number of allylic oxidation sites excluding steroid dienone is 2. The van der Waals surface area contributed by atoms with Gasteiger partial charge in [0.2, 0.25) is 5.91 Å². The minimum Gasteiger partial charge on any atom is -0.350 e. The van der Waals surface area contributed by atoms with Crippen molar-refractivity contribution >= 4 is 5.91 Å². The summed E-state index contributed by atoms with van der Waals surface area (Å²) in [7, 11) is 1.97. The number of rotatable bonds is 3. The highest BCUT2D eigenvalue weighted by Crippen LogP contribution is 2.18. The van der Waals surface area contributed by atoms with Crippen LogP contribution in [0.2, 0.25) is 0 Å². The van der Waals surface area contributed by atoms with E-state index in [9.17, 15) is 4.79 Å². The van der Waals surface area contributed by atoms with Crippen LogP contribution in [0.5, 0.6) is 0 Å². The predicted molar refractivity (Wildman–Crippen MR) is 80.7 cm³/mol. The molecule has 3 nitrogen and oxygen atoms in total. The number of nitrogens with one attached hydrogen (secondary N) is 2. The molecule has 0 bridgehead atoms. The van der Waals surface area contributed by atoms with Crippen molar-refractivity contribution in [2.45, 2.75) is 59.0 Å². The highest BCUT2D eigenvalue weighted by molar-refractivity contribution is 5.87. The van der Waals surface area contributed by atoms with Crippen LogP contribution in [0.25, 0.3) is 0 Å². The number of carbonyl (C=O) groups is 1. The van der Waals surface area contributed by atoms with Gasteiger partial charge in [0.05, 0.1) is 0 Å². The quantitative estimate of drug-likeness (QED) is 0.600. The van der Waals surface area contributed by atoms with Gasteiger partial charge in [-0.25, -0.2) is 0 Å². The summed E-state index contributed by atoms with van der Waals surface area (Å²) in [6.45, 7) is 11.1. The van der Waals surface area contributed by atoms with Crippen molar-refractivity contribution in [3.8, 4) is 0 Å². The standard InChI is InChI=1S/C10H18N2O.C3H6.C2H6/c1-3-4-10(13)12-9-6-5-8(7-9)11-2;1-3-2;1-2/h3-4,8-9,11H,5-7H2,1-2H3,(H,12,13);3H,1H2,2H3;1-2H3/b4-3+;;/t8-,9+;;/m0../s1. The Morgan fingerprint density at radius 3 is 2.11 bits per heavy atom. The predicted octanol–water partition coefficient (Wildman–Crippen LogP) is 3.04. The summed E-state index contributed by atoms with van der Waals surface area (Å²) in [5, 5.41) is 6.21. The van der Waals surface area contributed by atoms with Crippen molar-refractivity contribution in [3.63, 3.8) is 0 Å². The molecule has 1 aliphatic rings. The van der Waals surface area contributed by atoms with Crippen LogP contribution in [0.15, 0.2) is 24.8 Å². The highest BCUT2D eigenvalue weighted by Gasteiger charge is 2.23. The third-order valence-electron chi connectivity index (χ3n) is 2.51. The van der Waals surface area contributed by atoms with Gasteiger partial charge in [0, 0.05) is 12.1 Å². The zero-order chi connectivity index (χ0) is 14.4. The van der Waals surface area contributed by atoms with Crippen LogP contribution in [-0.2, 0) is 4.79 Å². The molecule has 2 atom stereocenters. The van der Waals surface area contributed by atoms with Crippen molar-refractivity contribution in [1.82, 2.24) is 10.6 Å². The molecular weight excluding hydrogens is 224 g/mol. The van der Waals surface area contributed by atoms with Crippen molar-refractivity contribution in [2.75, 3.05) is 7.05 Å². The third-order valence-corrected chi connectivity index (χ3v) is 2.51. The fourth-order valence-electron chi connectivity index (χ4n) is 1.78. The van der Waals surface area contributed by atoms with Crippen molar-refractivity contribution in [1.29, 1.82) is 0 Å². The van der Waals surface area contributed by atoms with Gasteiger partial charge in [0.1, 0.15) is 0 Å². The Morgan fingerprint density at radius 1 is 1.22 bits per heavy atom. The second kappa shape index (κ2) is 14.0. The Bertz CT molecular complexity index is 237. The summed E-state index contributed by atoms with van der Waals surface area (Å²) in [6.07, 6.45) is 8.40. The average molecular weight is 254 g/mol. The van der Waals surface area contributed by atoms with Crippen LogP contribution >= 0.6 is 0 Å². The van der Waals surface area contributed by atoms with E-state index >= 15 is 0 Å². The molecular formula is C15H30N2O. The van der Waals surface area contributed by atoms with Gasteiger partial charge < -0.3 is 10.6 Å². The van der Waals surface area contributed by atoms with Crippen molar-refractivity contribution in [3.05, 3.63) is 24.8 Å². The first-order chi connectivity index (χ1) is 8.67. The van der Waals surface area contributed by atoms with Gasteiger partial charge in [-0.2, -0.15) is 0 Å². The Hall–Kier alpha value is -1.09. The fraction of sp³-hybridized carbons (Fsp3) is 0.667. The van der Waals surface area contributed by atoms with Crippen LogP contribution in [0.3, 0.4) is 0 Å². The summed E-state index contributed by atoms with van der Waals surface area (Å²) in [5.41, 5.74) is 0. The highest BCUT2D eigenvalue weighted by atomic mass is 16.1. The van der Waals surface area contributed by atoms with Crippen LogP contribution in [0.1, 0.15) is 47.0 Å². The van der Waals surface area contributed by atoms with E-state index in [1.54, 1.807) is 18.2 Å². The maximum atomic E-state index is 11.2. The van der Waals surface area contributed by atoms with Gasteiger partial charge in [0.15, 0.2) is 0 Å². The largest absolute Gasteiger partial charge is 0.350 e. The first-order valence-electron chi connectivity index (χ1n) is 6.85. The molecule has 3 heteroatoms. The maximum absolute atomic E-state index is 11.2. The monoisotopic (exact) mass is 254 g/mol. The molecule has 0 unspecified atom stereocenters. The van der Waals surface area contributed by atoms with Crippen LogP contribution in [0, 0.1) is 0 Å². The van der Waals surface area contributed by atoms with Gasteiger partial charge >= 0.3 is 0 Å². The van der Waals surface area contributed by atoms with E-state index < -0.39 is 0 Å². The lowest BCUT2D eigenvalue weighted by Crippen LogP contribution is -2.33. The molecule has 0 aromatic carbocycles. The van der Waals surface area contributed by atoms with Crippen molar-refractivity contribution < 1.29 is 4.79 Å². The normalized spacial score (nSPS) is 21.4. The topological polar surface area (TPSA) is 41.1 Å². The van der Waals surface area contributed by atoms with Crippen LogP contribution < -0.4 is 10.6 Å². The number of carbonyl (C=O) groups excluding carboxylic acids is 1. The molecule has 0 aromatic rings. The molecule has 0 radical (unpaired) electrons. The van der Waals surface area contributed by atoms with E-state index in [0.717, 1.165) is 19.3 Å². The first-order valence-corrected chi connectivity index (χ1v) is 6.85. The summed E-state index contributed by atoms with van der Waals surface area (Å²) < 4.78 is 0. The Morgan fingerprint density at radius 2 is 1.72 bits per heavy atom.